The van der Waals surface area contributed by atoms with Crippen molar-refractivity contribution in [3.8, 4) is 0 Å². The number of benzene rings is 2. The topological polar surface area (TPSA) is 12.0 Å². The minimum Gasteiger partial charge on any atom is -0.381 e. The number of allylic oxidation sites excluding steroid dienone is 1. The van der Waals surface area contributed by atoms with E-state index in [0.717, 1.165) is 12.2 Å². The number of hydrogen-bond donors (Lipinski definition) is 1. The molecule has 0 saturated heterocycles. The van der Waals surface area contributed by atoms with E-state index in [0.29, 0.717) is 0 Å². The van der Waals surface area contributed by atoms with Crippen LogP contribution in [-0.4, -0.2) is 0 Å². The molecule has 86 valence electrons. The monoisotopic (exact) mass is 223 g/mol. The van der Waals surface area contributed by atoms with Crippen LogP contribution in [0.15, 0.2) is 60.7 Å². The minimum atomic E-state index is 0.861. The van der Waals surface area contributed by atoms with Gasteiger partial charge in [0.1, 0.15) is 0 Å². The quantitative estimate of drug-likeness (QED) is 0.813. The van der Waals surface area contributed by atoms with Gasteiger partial charge in [-0.25, -0.2) is 0 Å². The highest BCUT2D eigenvalue weighted by Crippen LogP contribution is 2.10. The minimum absolute atomic E-state index is 0.861. The number of para-hydroxylation sites is 1. The first-order chi connectivity index (χ1) is 8.38. The van der Waals surface area contributed by atoms with E-state index < -0.39 is 0 Å². The van der Waals surface area contributed by atoms with Crippen LogP contribution in [0.2, 0.25) is 0 Å². The van der Waals surface area contributed by atoms with Crippen LogP contribution in [-0.2, 0) is 6.54 Å². The smallest absolute Gasteiger partial charge is 0.0400 e. The van der Waals surface area contributed by atoms with Crippen LogP contribution in [0.4, 0.5) is 5.69 Å². The van der Waals surface area contributed by atoms with Gasteiger partial charge in [-0.15, -0.1) is 0 Å². The second-order valence-electron chi connectivity index (χ2n) is 3.96. The Labute approximate surface area is 103 Å². The fourth-order valence-corrected chi connectivity index (χ4v) is 1.70. The van der Waals surface area contributed by atoms with Gasteiger partial charge >= 0.3 is 0 Å². The second kappa shape index (κ2) is 5.90. The Kier molecular flexibility index (Phi) is 3.98. The van der Waals surface area contributed by atoms with Gasteiger partial charge in [0.25, 0.3) is 0 Å². The molecule has 0 bridgehead atoms. The van der Waals surface area contributed by atoms with E-state index >= 15 is 0 Å². The molecule has 1 nitrogen and oxygen atoms in total. The summed E-state index contributed by atoms with van der Waals surface area (Å²) >= 11 is 0. The molecule has 0 spiro atoms. The Morgan fingerprint density at radius 3 is 2.29 bits per heavy atom. The second-order valence-corrected chi connectivity index (χ2v) is 3.96. The molecular weight excluding hydrogens is 206 g/mol. The van der Waals surface area contributed by atoms with Gasteiger partial charge in [0.05, 0.1) is 0 Å². The van der Waals surface area contributed by atoms with Gasteiger partial charge in [-0.1, -0.05) is 54.6 Å². The Balaban J connectivity index is 1.95. The van der Waals surface area contributed by atoms with E-state index in [-0.39, 0.29) is 0 Å². The van der Waals surface area contributed by atoms with Crippen molar-refractivity contribution in [3.05, 3.63) is 71.8 Å². The van der Waals surface area contributed by atoms with Crippen LogP contribution in [0.1, 0.15) is 18.1 Å². The van der Waals surface area contributed by atoms with Gasteiger partial charge < -0.3 is 5.32 Å². The molecule has 0 saturated carbocycles. The number of nitrogens with one attached hydrogen (secondary N) is 1. The maximum atomic E-state index is 3.39. The predicted molar refractivity (Wildman–Crippen MR) is 74.9 cm³/mol. The van der Waals surface area contributed by atoms with Gasteiger partial charge in [-0.2, -0.15) is 0 Å². The molecule has 0 aliphatic carbocycles. The summed E-state index contributed by atoms with van der Waals surface area (Å²) in [5.41, 5.74) is 3.70. The molecule has 0 amide bonds. The highest BCUT2D eigenvalue weighted by Gasteiger charge is 1.93. The van der Waals surface area contributed by atoms with E-state index in [4.69, 9.17) is 0 Å². The van der Waals surface area contributed by atoms with Crippen molar-refractivity contribution in [1.29, 1.82) is 0 Å². The first kappa shape index (κ1) is 11.5. The molecule has 0 unspecified atom stereocenters. The lowest BCUT2D eigenvalue weighted by molar-refractivity contribution is 1.15. The summed E-state index contributed by atoms with van der Waals surface area (Å²) in [4.78, 5) is 0. The summed E-state index contributed by atoms with van der Waals surface area (Å²) < 4.78 is 0. The van der Waals surface area contributed by atoms with Crippen LogP contribution >= 0.6 is 0 Å². The molecule has 0 aliphatic heterocycles. The third kappa shape index (κ3) is 3.49. The van der Waals surface area contributed by atoms with E-state index in [1.165, 1.54) is 11.1 Å². The first-order valence-electron chi connectivity index (χ1n) is 5.89. The van der Waals surface area contributed by atoms with Crippen molar-refractivity contribution in [2.75, 3.05) is 5.32 Å². The molecule has 0 aliphatic rings. The maximum absolute atomic E-state index is 3.39. The Morgan fingerprint density at radius 1 is 0.941 bits per heavy atom. The summed E-state index contributed by atoms with van der Waals surface area (Å²) in [5, 5.41) is 3.39. The van der Waals surface area contributed by atoms with Crippen LogP contribution in [0, 0.1) is 0 Å². The lowest BCUT2D eigenvalue weighted by atomic mass is 10.1. The van der Waals surface area contributed by atoms with Crippen molar-refractivity contribution in [3.63, 3.8) is 0 Å². The summed E-state index contributed by atoms with van der Waals surface area (Å²) in [6, 6.07) is 18.9. The van der Waals surface area contributed by atoms with Gasteiger partial charge in [0, 0.05) is 12.2 Å². The number of rotatable bonds is 4. The van der Waals surface area contributed by atoms with Gasteiger partial charge in [0.15, 0.2) is 0 Å². The SMILES string of the molecule is C/C=C/c1ccc(CNc2ccccc2)cc1. The highest BCUT2D eigenvalue weighted by molar-refractivity contribution is 5.50. The highest BCUT2D eigenvalue weighted by atomic mass is 14.9. The standard InChI is InChI=1S/C16H17N/c1-2-6-14-9-11-15(12-10-14)13-17-16-7-4-3-5-8-16/h2-12,17H,13H2,1H3/b6-2+. The van der Waals surface area contributed by atoms with Crippen molar-refractivity contribution in [2.45, 2.75) is 13.5 Å². The average molecular weight is 223 g/mol. The lowest BCUT2D eigenvalue weighted by Crippen LogP contribution is -1.98. The lowest BCUT2D eigenvalue weighted by Gasteiger charge is -2.06. The molecule has 2 rings (SSSR count). The maximum Gasteiger partial charge on any atom is 0.0400 e. The number of anilines is 1. The van der Waals surface area contributed by atoms with E-state index in [2.05, 4.69) is 53.9 Å². The van der Waals surface area contributed by atoms with Crippen molar-refractivity contribution >= 4 is 11.8 Å². The van der Waals surface area contributed by atoms with Gasteiger partial charge in [-0.05, 0) is 30.2 Å². The molecule has 2 aromatic rings. The fourth-order valence-electron chi connectivity index (χ4n) is 1.70. The summed E-state index contributed by atoms with van der Waals surface area (Å²) in [7, 11) is 0. The molecule has 0 heterocycles. The summed E-state index contributed by atoms with van der Waals surface area (Å²) in [6.45, 7) is 2.89. The molecule has 0 radical (unpaired) electrons. The molecule has 1 N–H and O–H groups in total. The van der Waals surface area contributed by atoms with Crippen LogP contribution in [0.25, 0.3) is 6.08 Å². The van der Waals surface area contributed by atoms with Crippen molar-refractivity contribution < 1.29 is 0 Å². The number of hydrogen-bond acceptors (Lipinski definition) is 1. The zero-order valence-electron chi connectivity index (χ0n) is 10.1. The predicted octanol–water partition coefficient (Wildman–Crippen LogP) is 4.33. The third-order valence-electron chi connectivity index (χ3n) is 2.61. The largest absolute Gasteiger partial charge is 0.381 e. The van der Waals surface area contributed by atoms with Crippen LogP contribution in [0.3, 0.4) is 0 Å². The Morgan fingerprint density at radius 2 is 1.65 bits per heavy atom. The fraction of sp³-hybridized carbons (Fsp3) is 0.125. The molecular formula is C16H17N. The zero-order valence-corrected chi connectivity index (χ0v) is 10.1. The van der Waals surface area contributed by atoms with Gasteiger partial charge in [-0.3, -0.25) is 0 Å². The average Bonchev–Trinajstić information content (AvgIpc) is 2.40. The van der Waals surface area contributed by atoms with Crippen molar-refractivity contribution in [2.24, 2.45) is 0 Å². The van der Waals surface area contributed by atoms with Crippen LogP contribution in [0.5, 0.6) is 0 Å². The molecule has 17 heavy (non-hydrogen) atoms. The van der Waals surface area contributed by atoms with Crippen molar-refractivity contribution in [1.82, 2.24) is 0 Å². The van der Waals surface area contributed by atoms with E-state index in [1.807, 2.05) is 25.1 Å². The summed E-state index contributed by atoms with van der Waals surface area (Å²) in [5.74, 6) is 0. The van der Waals surface area contributed by atoms with E-state index in [9.17, 15) is 0 Å². The van der Waals surface area contributed by atoms with Crippen LogP contribution < -0.4 is 5.32 Å². The Hall–Kier alpha value is -2.02. The molecule has 2 aromatic carbocycles. The summed E-state index contributed by atoms with van der Waals surface area (Å²) in [6.07, 6.45) is 4.16. The third-order valence-corrected chi connectivity index (χ3v) is 2.61. The molecule has 1 heteroatoms. The first-order valence-corrected chi connectivity index (χ1v) is 5.89. The molecule has 0 atom stereocenters. The Bertz CT molecular complexity index is 469. The van der Waals surface area contributed by atoms with E-state index in [1.54, 1.807) is 0 Å². The molecule has 0 fully saturated rings. The van der Waals surface area contributed by atoms with Gasteiger partial charge in [0.2, 0.25) is 0 Å². The zero-order chi connectivity index (χ0) is 11.9. The normalized spacial score (nSPS) is 10.6. The molecule has 0 aromatic heterocycles.